The van der Waals surface area contributed by atoms with Gasteiger partial charge in [-0.05, 0) is 46.5 Å². The van der Waals surface area contributed by atoms with E-state index in [1.54, 1.807) is 6.92 Å². The van der Waals surface area contributed by atoms with Crippen LogP contribution < -0.4 is 0 Å². The molecule has 0 aliphatic carbocycles. The molecule has 2 unspecified atom stereocenters. The minimum absolute atomic E-state index is 0.153. The lowest BCUT2D eigenvalue weighted by Crippen LogP contribution is -2.31. The fourth-order valence-electron chi connectivity index (χ4n) is 1.90. The summed E-state index contributed by atoms with van der Waals surface area (Å²) >= 11 is 0. The van der Waals surface area contributed by atoms with Crippen molar-refractivity contribution in [1.29, 1.82) is 0 Å². The lowest BCUT2D eigenvalue weighted by molar-refractivity contribution is -0.157. The van der Waals surface area contributed by atoms with E-state index in [0.29, 0.717) is 31.3 Å². The number of rotatable bonds is 13. The predicted octanol–water partition coefficient (Wildman–Crippen LogP) is 3.02. The molecule has 0 aromatic carbocycles. The van der Waals surface area contributed by atoms with Crippen molar-refractivity contribution in [3.63, 3.8) is 0 Å². The minimum atomic E-state index is -0.611. The number of ether oxygens (including phenoxy) is 3. The van der Waals surface area contributed by atoms with Crippen LogP contribution in [0, 0.1) is 5.41 Å². The van der Waals surface area contributed by atoms with Gasteiger partial charge in [0.15, 0.2) is 0 Å². The summed E-state index contributed by atoms with van der Waals surface area (Å²) in [6.45, 7) is 13.2. The predicted molar refractivity (Wildman–Crippen MR) is 96.1 cm³/mol. The first kappa shape index (κ1) is 23.6. The SMILES string of the molecule is C=C(C)C(=O)OCCCC(OCCOC(=O)C(C)(C)CC)C(O)CC. The Hall–Kier alpha value is -1.40. The molecule has 0 aromatic rings. The molecule has 0 fully saturated rings. The topological polar surface area (TPSA) is 82.1 Å². The van der Waals surface area contributed by atoms with E-state index in [9.17, 15) is 14.7 Å². The van der Waals surface area contributed by atoms with Crippen LogP contribution in [0.2, 0.25) is 0 Å². The van der Waals surface area contributed by atoms with Crippen molar-refractivity contribution < 1.29 is 28.9 Å². The van der Waals surface area contributed by atoms with E-state index in [1.807, 2.05) is 27.7 Å². The van der Waals surface area contributed by atoms with Gasteiger partial charge in [0, 0.05) is 5.57 Å². The molecule has 25 heavy (non-hydrogen) atoms. The van der Waals surface area contributed by atoms with E-state index < -0.39 is 17.5 Å². The van der Waals surface area contributed by atoms with Crippen LogP contribution in [0.1, 0.15) is 60.3 Å². The average Bonchev–Trinajstić information content (AvgIpc) is 2.58. The van der Waals surface area contributed by atoms with E-state index >= 15 is 0 Å². The first-order valence-electron chi connectivity index (χ1n) is 8.95. The fourth-order valence-corrected chi connectivity index (χ4v) is 1.90. The van der Waals surface area contributed by atoms with E-state index in [0.717, 1.165) is 0 Å². The molecule has 0 heterocycles. The van der Waals surface area contributed by atoms with Crippen molar-refractivity contribution in [2.45, 2.75) is 72.5 Å². The van der Waals surface area contributed by atoms with E-state index in [1.165, 1.54) is 0 Å². The summed E-state index contributed by atoms with van der Waals surface area (Å²) < 4.78 is 15.9. The lowest BCUT2D eigenvalue weighted by atomic mass is 9.91. The lowest BCUT2D eigenvalue weighted by Gasteiger charge is -2.24. The number of hydrogen-bond donors (Lipinski definition) is 1. The van der Waals surface area contributed by atoms with Crippen LogP contribution in [0.15, 0.2) is 12.2 Å². The van der Waals surface area contributed by atoms with Gasteiger partial charge in [0.1, 0.15) is 6.61 Å². The van der Waals surface area contributed by atoms with Crippen LogP contribution in [0.4, 0.5) is 0 Å². The molecule has 0 aliphatic heterocycles. The second-order valence-electron chi connectivity index (χ2n) is 6.82. The fraction of sp³-hybridized carbons (Fsp3) is 0.789. The number of esters is 2. The quantitative estimate of drug-likeness (QED) is 0.310. The highest BCUT2D eigenvalue weighted by Crippen LogP contribution is 2.21. The van der Waals surface area contributed by atoms with Gasteiger partial charge in [-0.2, -0.15) is 0 Å². The first-order valence-corrected chi connectivity index (χ1v) is 8.95. The van der Waals surface area contributed by atoms with Gasteiger partial charge >= 0.3 is 11.9 Å². The maximum absolute atomic E-state index is 11.9. The number of hydrogen-bond acceptors (Lipinski definition) is 6. The number of aliphatic hydroxyl groups excluding tert-OH is 1. The van der Waals surface area contributed by atoms with Crippen molar-refractivity contribution in [3.8, 4) is 0 Å². The summed E-state index contributed by atoms with van der Waals surface area (Å²) in [6.07, 6.45) is 1.38. The molecule has 2 atom stereocenters. The Bertz CT molecular complexity index is 430. The summed E-state index contributed by atoms with van der Waals surface area (Å²) in [7, 11) is 0. The molecule has 1 N–H and O–H groups in total. The third-order valence-corrected chi connectivity index (χ3v) is 4.15. The Labute approximate surface area is 151 Å². The zero-order chi connectivity index (χ0) is 19.5. The molecule has 0 radical (unpaired) electrons. The smallest absolute Gasteiger partial charge is 0.333 e. The Kier molecular flexibility index (Phi) is 11.4. The Morgan fingerprint density at radius 1 is 1.12 bits per heavy atom. The molecular formula is C19H34O6. The van der Waals surface area contributed by atoms with Crippen molar-refractivity contribution >= 4 is 11.9 Å². The highest BCUT2D eigenvalue weighted by molar-refractivity contribution is 5.86. The monoisotopic (exact) mass is 358 g/mol. The van der Waals surface area contributed by atoms with Crippen molar-refractivity contribution in [3.05, 3.63) is 12.2 Å². The number of carbonyl (C=O) groups is 2. The third kappa shape index (κ3) is 9.60. The molecule has 0 amide bonds. The van der Waals surface area contributed by atoms with Gasteiger partial charge in [-0.1, -0.05) is 20.4 Å². The van der Waals surface area contributed by atoms with Crippen LogP contribution in [0.3, 0.4) is 0 Å². The summed E-state index contributed by atoms with van der Waals surface area (Å²) in [5, 5.41) is 10.0. The van der Waals surface area contributed by atoms with Gasteiger partial charge in [0.05, 0.1) is 30.8 Å². The first-order chi connectivity index (χ1) is 11.7. The van der Waals surface area contributed by atoms with Crippen LogP contribution in [0.5, 0.6) is 0 Å². The van der Waals surface area contributed by atoms with Crippen LogP contribution in [-0.4, -0.2) is 49.1 Å². The van der Waals surface area contributed by atoms with Crippen LogP contribution >= 0.6 is 0 Å². The van der Waals surface area contributed by atoms with Gasteiger partial charge in [-0.3, -0.25) is 4.79 Å². The zero-order valence-corrected chi connectivity index (χ0v) is 16.3. The maximum Gasteiger partial charge on any atom is 0.333 e. The van der Waals surface area contributed by atoms with Crippen molar-refractivity contribution in [2.75, 3.05) is 19.8 Å². The van der Waals surface area contributed by atoms with Crippen LogP contribution in [-0.2, 0) is 23.8 Å². The third-order valence-electron chi connectivity index (χ3n) is 4.15. The highest BCUT2D eigenvalue weighted by Gasteiger charge is 2.27. The molecule has 6 heteroatoms. The minimum Gasteiger partial charge on any atom is -0.463 e. The van der Waals surface area contributed by atoms with Gasteiger partial charge in [-0.15, -0.1) is 0 Å². The Morgan fingerprint density at radius 3 is 2.28 bits per heavy atom. The van der Waals surface area contributed by atoms with E-state index in [2.05, 4.69) is 6.58 Å². The second kappa shape index (κ2) is 12.0. The summed E-state index contributed by atoms with van der Waals surface area (Å²) in [5.41, 5.74) is -0.145. The highest BCUT2D eigenvalue weighted by atomic mass is 16.6. The Balaban J connectivity index is 4.18. The molecule has 0 bridgehead atoms. The average molecular weight is 358 g/mol. The zero-order valence-electron chi connectivity index (χ0n) is 16.3. The molecule has 146 valence electrons. The van der Waals surface area contributed by atoms with Gasteiger partial charge in [0.25, 0.3) is 0 Å². The summed E-state index contributed by atoms with van der Waals surface area (Å²) in [5.74, 6) is -0.670. The largest absolute Gasteiger partial charge is 0.463 e. The standard InChI is InChI=1S/C19H34O6/c1-7-15(20)16(10-9-11-24-17(21)14(3)4)23-12-13-25-18(22)19(5,6)8-2/h15-16,20H,3,7-13H2,1-2,4-6H3. The molecular weight excluding hydrogens is 324 g/mol. The second-order valence-corrected chi connectivity index (χ2v) is 6.82. The Morgan fingerprint density at radius 2 is 1.76 bits per heavy atom. The number of carbonyl (C=O) groups excluding carboxylic acids is 2. The molecule has 0 rings (SSSR count). The van der Waals surface area contributed by atoms with E-state index in [-0.39, 0.29) is 31.9 Å². The van der Waals surface area contributed by atoms with E-state index in [4.69, 9.17) is 14.2 Å². The van der Waals surface area contributed by atoms with Gasteiger partial charge in [-0.25, -0.2) is 4.79 Å². The molecule has 0 saturated heterocycles. The van der Waals surface area contributed by atoms with Crippen LogP contribution in [0.25, 0.3) is 0 Å². The number of aliphatic hydroxyl groups is 1. The van der Waals surface area contributed by atoms with Crippen molar-refractivity contribution in [2.24, 2.45) is 5.41 Å². The summed E-state index contributed by atoms with van der Waals surface area (Å²) in [6, 6.07) is 0. The molecule has 0 aromatic heterocycles. The van der Waals surface area contributed by atoms with Gasteiger partial charge < -0.3 is 19.3 Å². The summed E-state index contributed by atoms with van der Waals surface area (Å²) in [4.78, 5) is 23.2. The maximum atomic E-state index is 11.9. The molecule has 6 nitrogen and oxygen atoms in total. The normalized spacial score (nSPS) is 13.8. The molecule has 0 spiro atoms. The van der Waals surface area contributed by atoms with Crippen molar-refractivity contribution in [1.82, 2.24) is 0 Å². The molecule has 0 aliphatic rings. The molecule has 0 saturated carbocycles. The van der Waals surface area contributed by atoms with Gasteiger partial charge in [0.2, 0.25) is 0 Å².